The predicted octanol–water partition coefficient (Wildman–Crippen LogP) is 1.04. The first kappa shape index (κ1) is 13.1. The Morgan fingerprint density at radius 3 is 2.94 bits per heavy atom. The van der Waals surface area contributed by atoms with Crippen molar-refractivity contribution in [1.29, 1.82) is 0 Å². The number of aromatic nitrogens is 1. The summed E-state index contributed by atoms with van der Waals surface area (Å²) < 4.78 is 5.11. The highest BCUT2D eigenvalue weighted by molar-refractivity contribution is 5.77. The lowest BCUT2D eigenvalue weighted by molar-refractivity contribution is -0.133. The number of amides is 1. The van der Waals surface area contributed by atoms with Crippen LogP contribution in [0.25, 0.3) is 0 Å². The average molecular weight is 251 g/mol. The third-order valence-electron chi connectivity index (χ3n) is 3.59. The Balaban J connectivity index is 1.92. The highest BCUT2D eigenvalue weighted by atomic mass is 16.5. The highest BCUT2D eigenvalue weighted by Crippen LogP contribution is 2.15. The van der Waals surface area contributed by atoms with Gasteiger partial charge in [0.25, 0.3) is 0 Å². The molecule has 1 aromatic heterocycles. The van der Waals surface area contributed by atoms with Gasteiger partial charge in [-0.1, -0.05) is 5.16 Å². The van der Waals surface area contributed by atoms with Crippen molar-refractivity contribution < 1.29 is 9.32 Å². The van der Waals surface area contributed by atoms with Crippen LogP contribution in [0.5, 0.6) is 0 Å². The number of aryl methyl sites for hydroxylation is 2. The minimum absolute atomic E-state index is 0.226. The number of nitrogens with zero attached hydrogens (tertiary/aromatic N) is 2. The van der Waals surface area contributed by atoms with Crippen LogP contribution in [0.4, 0.5) is 0 Å². The summed E-state index contributed by atoms with van der Waals surface area (Å²) >= 11 is 0. The van der Waals surface area contributed by atoms with Crippen molar-refractivity contribution in [2.75, 3.05) is 19.6 Å². The average Bonchev–Trinajstić information content (AvgIpc) is 2.67. The molecule has 2 rings (SSSR count). The maximum atomic E-state index is 12.2. The van der Waals surface area contributed by atoms with Crippen LogP contribution >= 0.6 is 0 Å². The quantitative estimate of drug-likeness (QED) is 0.872. The molecule has 1 aliphatic rings. The second-order valence-electron chi connectivity index (χ2n) is 4.94. The first-order chi connectivity index (χ1) is 8.59. The van der Waals surface area contributed by atoms with Gasteiger partial charge in [-0.25, -0.2) is 0 Å². The minimum Gasteiger partial charge on any atom is -0.361 e. The number of hydrogen-bond acceptors (Lipinski definition) is 4. The van der Waals surface area contributed by atoms with Crippen molar-refractivity contribution in [3.63, 3.8) is 0 Å². The van der Waals surface area contributed by atoms with Gasteiger partial charge in [0.2, 0.25) is 5.91 Å². The molecule has 1 amide bonds. The number of piperazine rings is 1. The summed E-state index contributed by atoms with van der Waals surface area (Å²) in [6, 6.07) is 0.288. The maximum Gasteiger partial charge on any atom is 0.223 e. The number of carbonyl (C=O) groups is 1. The summed E-state index contributed by atoms with van der Waals surface area (Å²) in [6.45, 7) is 8.48. The molecule has 0 radical (unpaired) electrons. The van der Waals surface area contributed by atoms with Gasteiger partial charge in [0.05, 0.1) is 5.69 Å². The summed E-state index contributed by atoms with van der Waals surface area (Å²) in [4.78, 5) is 14.1. The molecule has 1 fully saturated rings. The monoisotopic (exact) mass is 251 g/mol. The number of carbonyl (C=O) groups excluding carboxylic acids is 1. The van der Waals surface area contributed by atoms with E-state index < -0.39 is 0 Å². The fraction of sp³-hybridized carbons (Fsp3) is 0.692. The molecule has 0 unspecified atom stereocenters. The Morgan fingerprint density at radius 1 is 1.56 bits per heavy atom. The van der Waals surface area contributed by atoms with Gasteiger partial charge in [0, 0.05) is 37.7 Å². The molecule has 5 nitrogen and oxygen atoms in total. The molecular formula is C13H21N3O2. The van der Waals surface area contributed by atoms with Crippen LogP contribution in [-0.2, 0) is 11.2 Å². The Labute approximate surface area is 108 Å². The lowest BCUT2D eigenvalue weighted by Gasteiger charge is -2.34. The zero-order valence-corrected chi connectivity index (χ0v) is 11.3. The van der Waals surface area contributed by atoms with Gasteiger partial charge >= 0.3 is 0 Å². The van der Waals surface area contributed by atoms with E-state index in [1.165, 1.54) is 0 Å². The second-order valence-corrected chi connectivity index (χ2v) is 4.94. The van der Waals surface area contributed by atoms with Crippen molar-refractivity contribution in [3.8, 4) is 0 Å². The van der Waals surface area contributed by atoms with E-state index in [-0.39, 0.29) is 11.9 Å². The molecule has 2 heterocycles. The smallest absolute Gasteiger partial charge is 0.223 e. The number of nitrogens with one attached hydrogen (secondary N) is 1. The Hall–Kier alpha value is -1.36. The molecular weight excluding hydrogens is 230 g/mol. The molecule has 0 aliphatic carbocycles. The summed E-state index contributed by atoms with van der Waals surface area (Å²) in [6.07, 6.45) is 1.25. The molecule has 5 heteroatoms. The van der Waals surface area contributed by atoms with Gasteiger partial charge in [-0.2, -0.15) is 0 Å². The van der Waals surface area contributed by atoms with E-state index >= 15 is 0 Å². The summed E-state index contributed by atoms with van der Waals surface area (Å²) in [5.74, 6) is 1.05. The Kier molecular flexibility index (Phi) is 4.01. The second kappa shape index (κ2) is 5.52. The van der Waals surface area contributed by atoms with Gasteiger partial charge < -0.3 is 14.7 Å². The molecule has 1 atom stereocenters. The van der Waals surface area contributed by atoms with Crippen LogP contribution in [-0.4, -0.2) is 41.6 Å². The van der Waals surface area contributed by atoms with Crippen LogP contribution in [0.3, 0.4) is 0 Å². The minimum atomic E-state index is 0.226. The van der Waals surface area contributed by atoms with Crippen molar-refractivity contribution in [2.24, 2.45) is 0 Å². The largest absolute Gasteiger partial charge is 0.361 e. The molecule has 18 heavy (non-hydrogen) atoms. The standard InChI is InChI=1S/C13H21N3O2/c1-9-8-14-6-7-16(9)13(17)5-4-12-10(2)15-18-11(12)3/h9,14H,4-8H2,1-3H3/t9-/m0/s1. The van der Waals surface area contributed by atoms with E-state index in [0.29, 0.717) is 6.42 Å². The fourth-order valence-electron chi connectivity index (χ4n) is 2.45. The van der Waals surface area contributed by atoms with E-state index in [1.54, 1.807) is 0 Å². The van der Waals surface area contributed by atoms with Crippen molar-refractivity contribution in [2.45, 2.75) is 39.7 Å². The number of rotatable bonds is 3. The zero-order valence-electron chi connectivity index (χ0n) is 11.3. The maximum absolute atomic E-state index is 12.2. The van der Waals surface area contributed by atoms with Crippen LogP contribution < -0.4 is 5.32 Å². The summed E-state index contributed by atoms with van der Waals surface area (Å²) in [7, 11) is 0. The van der Waals surface area contributed by atoms with Gasteiger partial charge in [0.1, 0.15) is 5.76 Å². The molecule has 0 bridgehead atoms. The normalized spacial score (nSPS) is 20.2. The highest BCUT2D eigenvalue weighted by Gasteiger charge is 2.23. The van der Waals surface area contributed by atoms with Gasteiger partial charge in [-0.05, 0) is 27.2 Å². The van der Waals surface area contributed by atoms with Gasteiger partial charge in [-0.3, -0.25) is 4.79 Å². The van der Waals surface area contributed by atoms with Crippen LogP contribution in [0.15, 0.2) is 4.52 Å². The zero-order chi connectivity index (χ0) is 13.1. The van der Waals surface area contributed by atoms with Crippen LogP contribution in [0.2, 0.25) is 0 Å². The third kappa shape index (κ3) is 2.72. The van der Waals surface area contributed by atoms with E-state index in [2.05, 4.69) is 17.4 Å². The molecule has 0 spiro atoms. The third-order valence-corrected chi connectivity index (χ3v) is 3.59. The van der Waals surface area contributed by atoms with E-state index in [4.69, 9.17) is 4.52 Å². The van der Waals surface area contributed by atoms with E-state index in [9.17, 15) is 4.79 Å². The predicted molar refractivity (Wildman–Crippen MR) is 68.3 cm³/mol. The summed E-state index contributed by atoms with van der Waals surface area (Å²) in [5, 5.41) is 7.20. The van der Waals surface area contributed by atoms with Crippen molar-refractivity contribution in [3.05, 3.63) is 17.0 Å². The van der Waals surface area contributed by atoms with Crippen molar-refractivity contribution >= 4 is 5.91 Å². The molecule has 0 saturated carbocycles. The van der Waals surface area contributed by atoms with E-state index in [1.807, 2.05) is 18.7 Å². The molecule has 1 N–H and O–H groups in total. The van der Waals surface area contributed by atoms with Crippen molar-refractivity contribution in [1.82, 2.24) is 15.4 Å². The summed E-state index contributed by atoms with van der Waals surface area (Å²) in [5.41, 5.74) is 1.97. The number of hydrogen-bond donors (Lipinski definition) is 1. The molecule has 1 saturated heterocycles. The Morgan fingerprint density at radius 2 is 2.33 bits per heavy atom. The Bertz CT molecular complexity index is 408. The lowest BCUT2D eigenvalue weighted by Crippen LogP contribution is -2.52. The van der Waals surface area contributed by atoms with Gasteiger partial charge in [-0.15, -0.1) is 0 Å². The molecule has 1 aromatic rings. The first-order valence-electron chi connectivity index (χ1n) is 6.51. The topological polar surface area (TPSA) is 58.4 Å². The fourth-order valence-corrected chi connectivity index (χ4v) is 2.45. The molecule has 1 aliphatic heterocycles. The van der Waals surface area contributed by atoms with Gasteiger partial charge in [0.15, 0.2) is 0 Å². The molecule has 100 valence electrons. The SMILES string of the molecule is Cc1noc(C)c1CCC(=O)N1CCNC[C@@H]1C. The molecule has 0 aromatic carbocycles. The van der Waals surface area contributed by atoms with Crippen LogP contribution in [0.1, 0.15) is 30.4 Å². The van der Waals surface area contributed by atoms with Crippen LogP contribution in [0, 0.1) is 13.8 Å². The lowest BCUT2D eigenvalue weighted by atomic mass is 10.1. The first-order valence-corrected chi connectivity index (χ1v) is 6.51. The van der Waals surface area contributed by atoms with E-state index in [0.717, 1.165) is 43.1 Å².